The van der Waals surface area contributed by atoms with Crippen molar-refractivity contribution in [3.63, 3.8) is 0 Å². The Balaban J connectivity index is 3.02. The number of esters is 2. The zero-order chi connectivity index (χ0) is 15.0. The number of ether oxygens (including phenoxy) is 2. The van der Waals surface area contributed by atoms with Crippen molar-refractivity contribution < 1.29 is 19.1 Å². The molecule has 108 valence electrons. The Morgan fingerprint density at radius 1 is 1.00 bits per heavy atom. The van der Waals surface area contributed by atoms with E-state index >= 15 is 0 Å². The zero-order valence-corrected chi connectivity index (χ0v) is 11.9. The molecule has 0 saturated heterocycles. The number of hydrogen-bond donors (Lipinski definition) is 1. The van der Waals surface area contributed by atoms with E-state index in [-0.39, 0.29) is 18.8 Å². The molecule has 0 fully saturated rings. The van der Waals surface area contributed by atoms with E-state index in [1.165, 1.54) is 0 Å². The van der Waals surface area contributed by atoms with Crippen molar-refractivity contribution in [2.45, 2.75) is 20.8 Å². The minimum Gasteiger partial charge on any atom is -0.462 e. The maximum atomic E-state index is 11.9. The highest BCUT2D eigenvalue weighted by Gasteiger charge is 2.24. The second-order valence-corrected chi connectivity index (χ2v) is 3.93. The summed E-state index contributed by atoms with van der Waals surface area (Å²) in [6, 6.07) is 9.24. The fourth-order valence-corrected chi connectivity index (χ4v) is 1.60. The molecule has 0 spiro atoms. The molecule has 0 unspecified atom stereocenters. The monoisotopic (exact) mass is 277 g/mol. The largest absolute Gasteiger partial charge is 0.462 e. The van der Waals surface area contributed by atoms with Crippen LogP contribution in [0.2, 0.25) is 0 Å². The quantitative estimate of drug-likeness (QED) is 0.374. The Bertz CT molecular complexity index is 474. The van der Waals surface area contributed by atoms with Gasteiger partial charge >= 0.3 is 11.9 Å². The molecule has 1 N–H and O–H groups in total. The molecule has 20 heavy (non-hydrogen) atoms. The Hall–Kier alpha value is -2.30. The minimum atomic E-state index is -0.688. The number of carbonyl (C=O) groups excluding carboxylic acids is 2. The third kappa shape index (κ3) is 4.42. The lowest BCUT2D eigenvalue weighted by Crippen LogP contribution is -2.22. The van der Waals surface area contributed by atoms with Crippen molar-refractivity contribution in [3.8, 4) is 0 Å². The molecule has 0 atom stereocenters. The van der Waals surface area contributed by atoms with Crippen LogP contribution >= 0.6 is 0 Å². The zero-order valence-electron chi connectivity index (χ0n) is 11.9. The van der Waals surface area contributed by atoms with E-state index < -0.39 is 11.9 Å². The van der Waals surface area contributed by atoms with Crippen LogP contribution in [0, 0.1) is 0 Å². The summed E-state index contributed by atoms with van der Waals surface area (Å²) in [4.78, 5) is 23.7. The SMILES string of the molecule is CCOC(=O)C(C(=O)OCC)=C(C)Nc1ccccc1. The lowest BCUT2D eigenvalue weighted by Gasteiger charge is -2.12. The first kappa shape index (κ1) is 15.8. The van der Waals surface area contributed by atoms with E-state index in [0.717, 1.165) is 5.69 Å². The molecule has 1 rings (SSSR count). The van der Waals surface area contributed by atoms with E-state index in [2.05, 4.69) is 5.32 Å². The van der Waals surface area contributed by atoms with Gasteiger partial charge < -0.3 is 14.8 Å². The molecule has 0 bridgehead atoms. The summed E-state index contributed by atoms with van der Waals surface area (Å²) in [5.41, 5.74) is 1.06. The first-order valence-electron chi connectivity index (χ1n) is 6.47. The molecule has 0 aliphatic rings. The van der Waals surface area contributed by atoms with Crippen molar-refractivity contribution in [3.05, 3.63) is 41.6 Å². The molecule has 0 saturated carbocycles. The van der Waals surface area contributed by atoms with E-state index in [9.17, 15) is 9.59 Å². The molecular formula is C15H19NO4. The van der Waals surface area contributed by atoms with Crippen LogP contribution in [-0.4, -0.2) is 25.2 Å². The summed E-state index contributed by atoms with van der Waals surface area (Å²) in [6.07, 6.45) is 0. The number of nitrogens with one attached hydrogen (secondary N) is 1. The summed E-state index contributed by atoms with van der Waals surface area (Å²) in [7, 11) is 0. The van der Waals surface area contributed by atoms with Gasteiger partial charge in [0.25, 0.3) is 0 Å². The number of anilines is 1. The normalized spacial score (nSPS) is 9.55. The minimum absolute atomic E-state index is 0.113. The predicted molar refractivity (Wildman–Crippen MR) is 76.0 cm³/mol. The van der Waals surface area contributed by atoms with Crippen molar-refractivity contribution in [1.82, 2.24) is 0 Å². The van der Waals surface area contributed by atoms with Gasteiger partial charge in [0.1, 0.15) is 0 Å². The third-order valence-electron chi connectivity index (χ3n) is 2.44. The number of carbonyl (C=O) groups is 2. The highest BCUT2D eigenvalue weighted by atomic mass is 16.6. The van der Waals surface area contributed by atoms with Gasteiger partial charge in [-0.15, -0.1) is 0 Å². The highest BCUT2D eigenvalue weighted by molar-refractivity contribution is 6.15. The second-order valence-electron chi connectivity index (χ2n) is 3.93. The van der Waals surface area contributed by atoms with Gasteiger partial charge in [0.2, 0.25) is 0 Å². The van der Waals surface area contributed by atoms with Crippen LogP contribution in [0.15, 0.2) is 41.6 Å². The van der Waals surface area contributed by atoms with Gasteiger partial charge in [-0.05, 0) is 32.9 Å². The average Bonchev–Trinajstić information content (AvgIpc) is 2.40. The van der Waals surface area contributed by atoms with Crippen LogP contribution in [0.3, 0.4) is 0 Å². The number of hydrogen-bond acceptors (Lipinski definition) is 5. The Morgan fingerprint density at radius 3 is 1.95 bits per heavy atom. The standard InChI is InChI=1S/C15H19NO4/c1-4-19-14(17)13(15(18)20-5-2)11(3)16-12-9-7-6-8-10-12/h6-10,16H,4-5H2,1-3H3. The first-order chi connectivity index (χ1) is 9.60. The molecule has 0 amide bonds. The topological polar surface area (TPSA) is 64.6 Å². The Morgan fingerprint density at radius 2 is 1.50 bits per heavy atom. The van der Waals surface area contributed by atoms with Crippen molar-refractivity contribution in [2.75, 3.05) is 18.5 Å². The fourth-order valence-electron chi connectivity index (χ4n) is 1.60. The molecule has 5 heteroatoms. The number of para-hydroxylation sites is 1. The van der Waals surface area contributed by atoms with Gasteiger partial charge in [-0.3, -0.25) is 0 Å². The molecule has 0 radical (unpaired) electrons. The van der Waals surface area contributed by atoms with Crippen LogP contribution in [0.1, 0.15) is 20.8 Å². The van der Waals surface area contributed by atoms with Crippen LogP contribution in [0.4, 0.5) is 5.69 Å². The smallest absolute Gasteiger partial charge is 0.347 e. The number of rotatable bonds is 6. The van der Waals surface area contributed by atoms with E-state index in [0.29, 0.717) is 5.70 Å². The molecule has 0 heterocycles. The highest BCUT2D eigenvalue weighted by Crippen LogP contribution is 2.14. The molecular weight excluding hydrogens is 258 g/mol. The van der Waals surface area contributed by atoms with Crippen molar-refractivity contribution in [1.29, 1.82) is 0 Å². The summed E-state index contributed by atoms with van der Waals surface area (Å²) in [5.74, 6) is -1.38. The summed E-state index contributed by atoms with van der Waals surface area (Å²) in [5, 5.41) is 3.00. The lowest BCUT2D eigenvalue weighted by molar-refractivity contribution is -0.146. The van der Waals surface area contributed by atoms with Gasteiger partial charge in [0.05, 0.1) is 13.2 Å². The Labute approximate surface area is 118 Å². The maximum absolute atomic E-state index is 11.9. The van der Waals surface area contributed by atoms with E-state index in [1.807, 2.05) is 30.3 Å². The van der Waals surface area contributed by atoms with Gasteiger partial charge in [-0.2, -0.15) is 0 Å². The fraction of sp³-hybridized carbons (Fsp3) is 0.333. The number of benzene rings is 1. The van der Waals surface area contributed by atoms with Crippen LogP contribution in [-0.2, 0) is 19.1 Å². The maximum Gasteiger partial charge on any atom is 0.347 e. The molecule has 5 nitrogen and oxygen atoms in total. The molecule has 1 aromatic rings. The van der Waals surface area contributed by atoms with E-state index in [4.69, 9.17) is 9.47 Å². The van der Waals surface area contributed by atoms with Crippen LogP contribution < -0.4 is 5.32 Å². The molecule has 0 aromatic heterocycles. The first-order valence-corrected chi connectivity index (χ1v) is 6.47. The summed E-state index contributed by atoms with van der Waals surface area (Å²) in [6.45, 7) is 5.39. The predicted octanol–water partition coefficient (Wildman–Crippen LogP) is 2.50. The van der Waals surface area contributed by atoms with Crippen LogP contribution in [0.5, 0.6) is 0 Å². The van der Waals surface area contributed by atoms with Gasteiger partial charge in [0, 0.05) is 11.4 Å². The van der Waals surface area contributed by atoms with Crippen molar-refractivity contribution >= 4 is 17.6 Å². The van der Waals surface area contributed by atoms with Gasteiger partial charge in [0.15, 0.2) is 5.57 Å². The van der Waals surface area contributed by atoms with Gasteiger partial charge in [-0.1, -0.05) is 18.2 Å². The average molecular weight is 277 g/mol. The van der Waals surface area contributed by atoms with Gasteiger partial charge in [-0.25, -0.2) is 9.59 Å². The Kier molecular flexibility index (Phi) is 6.29. The molecule has 1 aromatic carbocycles. The third-order valence-corrected chi connectivity index (χ3v) is 2.44. The lowest BCUT2D eigenvalue weighted by atomic mass is 10.2. The van der Waals surface area contributed by atoms with Crippen LogP contribution in [0.25, 0.3) is 0 Å². The van der Waals surface area contributed by atoms with E-state index in [1.54, 1.807) is 20.8 Å². The second kappa shape index (κ2) is 7.99. The molecule has 0 aliphatic heterocycles. The number of allylic oxidation sites excluding steroid dienone is 1. The summed E-state index contributed by atoms with van der Waals surface area (Å²) >= 11 is 0. The van der Waals surface area contributed by atoms with Crippen molar-refractivity contribution in [2.24, 2.45) is 0 Å². The summed E-state index contributed by atoms with van der Waals surface area (Å²) < 4.78 is 9.79. The molecule has 0 aliphatic carbocycles.